The number of carbonyl (C=O) groups is 2. The average Bonchev–Trinajstić information content (AvgIpc) is 2.30. The van der Waals surface area contributed by atoms with Gasteiger partial charge in [-0.3, -0.25) is 9.59 Å². The third kappa shape index (κ3) is 4.00. The van der Waals surface area contributed by atoms with E-state index >= 15 is 0 Å². The van der Waals surface area contributed by atoms with Gasteiger partial charge in [-0.25, -0.2) is 0 Å². The molecule has 0 aromatic rings. The van der Waals surface area contributed by atoms with Gasteiger partial charge >= 0.3 is 5.97 Å². The molecule has 98 valence electrons. The smallest absolute Gasteiger partial charge is 0.316 e. The quantitative estimate of drug-likeness (QED) is 0.731. The third-order valence-corrected chi connectivity index (χ3v) is 3.25. The van der Waals surface area contributed by atoms with E-state index in [2.05, 4.69) is 0 Å². The van der Waals surface area contributed by atoms with Crippen LogP contribution in [0.25, 0.3) is 0 Å². The molecule has 17 heavy (non-hydrogen) atoms. The molecular formula is C12H21NO4. The molecule has 0 radical (unpaired) electrons. The van der Waals surface area contributed by atoms with E-state index in [0.29, 0.717) is 18.9 Å². The van der Waals surface area contributed by atoms with Gasteiger partial charge in [-0.2, -0.15) is 0 Å². The number of ether oxygens (including phenoxy) is 1. The van der Waals surface area contributed by atoms with Crippen LogP contribution >= 0.6 is 0 Å². The minimum absolute atomic E-state index is 0.286. The molecule has 0 bridgehead atoms. The molecule has 5 heteroatoms. The van der Waals surface area contributed by atoms with Crippen molar-refractivity contribution >= 4 is 11.9 Å². The van der Waals surface area contributed by atoms with Crippen LogP contribution in [0.5, 0.6) is 0 Å². The van der Waals surface area contributed by atoms with Gasteiger partial charge in [0.15, 0.2) is 0 Å². The van der Waals surface area contributed by atoms with Crippen molar-refractivity contribution < 1.29 is 19.4 Å². The number of rotatable bonds is 5. The minimum atomic E-state index is -1.03. The van der Waals surface area contributed by atoms with Crippen LogP contribution in [0.3, 0.4) is 0 Å². The number of amides is 1. The number of carboxylic acids is 1. The molecule has 1 atom stereocenters. The first-order chi connectivity index (χ1) is 8.06. The maximum atomic E-state index is 11.9. The van der Waals surface area contributed by atoms with Crippen molar-refractivity contribution in [3.8, 4) is 0 Å². The second kappa shape index (κ2) is 6.59. The van der Waals surface area contributed by atoms with Crippen molar-refractivity contribution in [1.82, 2.24) is 4.90 Å². The Morgan fingerprint density at radius 2 is 2.00 bits per heavy atom. The second-order valence-electron chi connectivity index (χ2n) is 4.57. The maximum absolute atomic E-state index is 11.9. The Hall–Kier alpha value is -1.10. The highest BCUT2D eigenvalue weighted by molar-refractivity contribution is 5.96. The molecule has 1 amide bonds. The van der Waals surface area contributed by atoms with Crippen LogP contribution in [0.2, 0.25) is 0 Å². The first-order valence-electron chi connectivity index (χ1n) is 6.11. The fourth-order valence-corrected chi connectivity index (χ4v) is 2.13. The van der Waals surface area contributed by atoms with Crippen LogP contribution in [0.4, 0.5) is 0 Å². The Bertz CT molecular complexity index is 274. The van der Waals surface area contributed by atoms with Gasteiger partial charge in [0.05, 0.1) is 0 Å². The monoisotopic (exact) mass is 243 g/mol. The molecule has 0 aliphatic carbocycles. The Morgan fingerprint density at radius 1 is 1.41 bits per heavy atom. The van der Waals surface area contributed by atoms with Gasteiger partial charge in [-0.1, -0.05) is 6.92 Å². The van der Waals surface area contributed by atoms with E-state index in [1.807, 2.05) is 0 Å². The zero-order valence-electron chi connectivity index (χ0n) is 10.5. The molecular weight excluding hydrogens is 222 g/mol. The van der Waals surface area contributed by atoms with Gasteiger partial charge in [-0.15, -0.1) is 0 Å². The molecule has 0 aromatic heterocycles. The SMILES string of the molecule is CCC(C(=O)O)C(=O)N(C)CC1CCOCC1. The second-order valence-corrected chi connectivity index (χ2v) is 4.57. The van der Waals surface area contributed by atoms with Crippen LogP contribution in [0, 0.1) is 11.8 Å². The Kier molecular flexibility index (Phi) is 5.41. The average molecular weight is 243 g/mol. The summed E-state index contributed by atoms with van der Waals surface area (Å²) in [5.41, 5.74) is 0. The van der Waals surface area contributed by atoms with Crippen LogP contribution in [-0.4, -0.2) is 48.7 Å². The number of hydrogen-bond acceptors (Lipinski definition) is 3. The van der Waals surface area contributed by atoms with E-state index in [-0.39, 0.29) is 5.91 Å². The van der Waals surface area contributed by atoms with Crippen molar-refractivity contribution in [1.29, 1.82) is 0 Å². The summed E-state index contributed by atoms with van der Waals surface area (Å²) in [4.78, 5) is 24.4. The standard InChI is InChI=1S/C12H21NO4/c1-3-10(12(15)16)11(14)13(2)8-9-4-6-17-7-5-9/h9-10H,3-8H2,1-2H3,(H,15,16). The predicted molar refractivity (Wildman–Crippen MR) is 62.6 cm³/mol. The fraction of sp³-hybridized carbons (Fsp3) is 0.833. The summed E-state index contributed by atoms with van der Waals surface area (Å²) in [6.45, 7) is 3.83. The van der Waals surface area contributed by atoms with Crippen molar-refractivity contribution in [3.05, 3.63) is 0 Å². The minimum Gasteiger partial charge on any atom is -0.481 e. The van der Waals surface area contributed by atoms with E-state index in [0.717, 1.165) is 26.1 Å². The van der Waals surface area contributed by atoms with E-state index in [9.17, 15) is 9.59 Å². The third-order valence-electron chi connectivity index (χ3n) is 3.25. The molecule has 1 rings (SSSR count). The highest BCUT2D eigenvalue weighted by Crippen LogP contribution is 2.17. The molecule has 0 aromatic carbocycles. The molecule has 0 saturated carbocycles. The van der Waals surface area contributed by atoms with Gasteiger partial charge < -0.3 is 14.7 Å². The lowest BCUT2D eigenvalue weighted by Gasteiger charge is -2.28. The number of aliphatic carboxylic acids is 1. The summed E-state index contributed by atoms with van der Waals surface area (Å²) >= 11 is 0. The molecule has 1 saturated heterocycles. The fourth-order valence-electron chi connectivity index (χ4n) is 2.13. The van der Waals surface area contributed by atoms with Crippen molar-refractivity contribution in [2.45, 2.75) is 26.2 Å². The molecule has 1 fully saturated rings. The van der Waals surface area contributed by atoms with Gasteiger partial charge in [0.25, 0.3) is 0 Å². The highest BCUT2D eigenvalue weighted by Gasteiger charge is 2.28. The number of nitrogens with zero attached hydrogens (tertiary/aromatic N) is 1. The van der Waals surface area contributed by atoms with Crippen molar-refractivity contribution in [3.63, 3.8) is 0 Å². The zero-order valence-corrected chi connectivity index (χ0v) is 10.5. The molecule has 1 N–H and O–H groups in total. The molecule has 1 aliphatic rings. The van der Waals surface area contributed by atoms with E-state index in [1.165, 1.54) is 0 Å². The van der Waals surface area contributed by atoms with Gasteiger partial charge in [0.1, 0.15) is 5.92 Å². The molecule has 5 nitrogen and oxygen atoms in total. The van der Waals surface area contributed by atoms with E-state index in [1.54, 1.807) is 18.9 Å². The Labute approximate surface area is 102 Å². The van der Waals surface area contributed by atoms with E-state index < -0.39 is 11.9 Å². The first kappa shape index (κ1) is 14.0. The summed E-state index contributed by atoms with van der Waals surface area (Å²) in [7, 11) is 1.68. The summed E-state index contributed by atoms with van der Waals surface area (Å²) in [5, 5.41) is 8.93. The number of carbonyl (C=O) groups excluding carboxylic acids is 1. The Balaban J connectivity index is 2.47. The normalized spacial score (nSPS) is 18.7. The summed E-state index contributed by atoms with van der Waals surface area (Å²) in [6.07, 6.45) is 2.23. The highest BCUT2D eigenvalue weighted by atomic mass is 16.5. The molecule has 1 aliphatic heterocycles. The van der Waals surface area contributed by atoms with Gasteiger partial charge in [0, 0.05) is 26.8 Å². The lowest BCUT2D eigenvalue weighted by atomic mass is 9.98. The van der Waals surface area contributed by atoms with Gasteiger partial charge in [0.2, 0.25) is 5.91 Å². The van der Waals surface area contributed by atoms with Gasteiger partial charge in [-0.05, 0) is 25.2 Å². The maximum Gasteiger partial charge on any atom is 0.316 e. The van der Waals surface area contributed by atoms with E-state index in [4.69, 9.17) is 9.84 Å². The van der Waals surface area contributed by atoms with Crippen molar-refractivity contribution in [2.75, 3.05) is 26.8 Å². The number of hydrogen-bond donors (Lipinski definition) is 1. The van der Waals surface area contributed by atoms with Crippen molar-refractivity contribution in [2.24, 2.45) is 11.8 Å². The predicted octanol–water partition coefficient (Wildman–Crippen LogP) is 0.982. The topological polar surface area (TPSA) is 66.8 Å². The van der Waals surface area contributed by atoms with Crippen LogP contribution in [0.15, 0.2) is 0 Å². The zero-order chi connectivity index (χ0) is 12.8. The summed E-state index contributed by atoms with van der Waals surface area (Å²) in [5.74, 6) is -1.79. The number of carboxylic acid groups (broad SMARTS) is 1. The summed E-state index contributed by atoms with van der Waals surface area (Å²) in [6, 6.07) is 0. The molecule has 1 unspecified atom stereocenters. The summed E-state index contributed by atoms with van der Waals surface area (Å²) < 4.78 is 5.25. The first-order valence-corrected chi connectivity index (χ1v) is 6.11. The molecule has 0 spiro atoms. The lowest BCUT2D eigenvalue weighted by Crippen LogP contribution is -2.40. The van der Waals surface area contributed by atoms with Crippen LogP contribution in [0.1, 0.15) is 26.2 Å². The Morgan fingerprint density at radius 3 is 2.47 bits per heavy atom. The lowest BCUT2D eigenvalue weighted by molar-refractivity contribution is -0.151. The van der Waals surface area contributed by atoms with Crippen LogP contribution in [-0.2, 0) is 14.3 Å². The largest absolute Gasteiger partial charge is 0.481 e. The van der Waals surface area contributed by atoms with Crippen LogP contribution < -0.4 is 0 Å². The molecule has 1 heterocycles.